The predicted molar refractivity (Wildman–Crippen MR) is 117 cm³/mol. The van der Waals surface area contributed by atoms with Crippen LogP contribution in [0.2, 0.25) is 0 Å². The Kier molecular flexibility index (Phi) is 4.83. The molecule has 0 unspecified atom stereocenters. The first-order valence-corrected chi connectivity index (χ1v) is 10.5. The van der Waals surface area contributed by atoms with Gasteiger partial charge in [-0.3, -0.25) is 13.9 Å². The van der Waals surface area contributed by atoms with E-state index in [-0.39, 0.29) is 23.8 Å². The molecule has 4 aromatic rings. The van der Waals surface area contributed by atoms with Gasteiger partial charge in [-0.15, -0.1) is 0 Å². The van der Waals surface area contributed by atoms with E-state index in [1.807, 2.05) is 65.2 Å². The lowest BCUT2D eigenvalue weighted by Crippen LogP contribution is -2.41. The van der Waals surface area contributed by atoms with Crippen LogP contribution in [-0.4, -0.2) is 18.7 Å². The molecule has 30 heavy (non-hydrogen) atoms. The fourth-order valence-corrected chi connectivity index (χ4v) is 4.48. The van der Waals surface area contributed by atoms with E-state index in [2.05, 4.69) is 4.98 Å². The van der Waals surface area contributed by atoms with Crippen LogP contribution in [0.4, 0.5) is 0 Å². The molecule has 1 aliphatic rings. The van der Waals surface area contributed by atoms with Crippen molar-refractivity contribution in [1.29, 1.82) is 0 Å². The fraction of sp³-hybridized carbons (Fsp3) is 0.292. The molecular weight excluding hydrogens is 376 g/mol. The number of benzene rings is 2. The first kappa shape index (κ1) is 18.6. The van der Waals surface area contributed by atoms with Crippen LogP contribution in [-0.2, 0) is 13.1 Å². The molecule has 0 amide bonds. The van der Waals surface area contributed by atoms with Gasteiger partial charge in [-0.05, 0) is 24.0 Å². The van der Waals surface area contributed by atoms with Crippen LogP contribution in [0.1, 0.15) is 42.9 Å². The van der Waals surface area contributed by atoms with Crippen molar-refractivity contribution in [1.82, 2.24) is 18.7 Å². The highest BCUT2D eigenvalue weighted by atomic mass is 16.2. The molecule has 0 radical (unpaired) electrons. The zero-order valence-electron chi connectivity index (χ0n) is 16.8. The fourth-order valence-electron chi connectivity index (χ4n) is 4.48. The van der Waals surface area contributed by atoms with Crippen LogP contribution < -0.4 is 11.2 Å². The largest absolute Gasteiger partial charge is 0.333 e. The second-order valence-electron chi connectivity index (χ2n) is 7.99. The van der Waals surface area contributed by atoms with E-state index in [1.54, 1.807) is 10.9 Å². The topological polar surface area (TPSA) is 61.8 Å². The number of aromatic nitrogens is 4. The third-order valence-corrected chi connectivity index (χ3v) is 6.02. The molecule has 0 atom stereocenters. The van der Waals surface area contributed by atoms with Crippen molar-refractivity contribution >= 4 is 11.2 Å². The molecule has 0 saturated heterocycles. The van der Waals surface area contributed by atoms with Gasteiger partial charge in [0.25, 0.3) is 5.56 Å². The summed E-state index contributed by atoms with van der Waals surface area (Å²) in [6.45, 7) is 0.631. The van der Waals surface area contributed by atoms with Crippen molar-refractivity contribution in [2.75, 3.05) is 0 Å². The second kappa shape index (κ2) is 7.78. The summed E-state index contributed by atoms with van der Waals surface area (Å²) >= 11 is 0. The number of imidazole rings is 1. The summed E-state index contributed by atoms with van der Waals surface area (Å²) in [5, 5.41) is 0. The minimum Gasteiger partial charge on any atom is -0.322 e. The molecule has 2 heterocycles. The maximum atomic E-state index is 13.5. The maximum absolute atomic E-state index is 13.5. The lowest BCUT2D eigenvalue weighted by atomic mass is 10.2. The van der Waals surface area contributed by atoms with Crippen LogP contribution in [0.25, 0.3) is 11.2 Å². The van der Waals surface area contributed by atoms with E-state index < -0.39 is 0 Å². The molecule has 0 aliphatic heterocycles. The van der Waals surface area contributed by atoms with E-state index in [1.165, 1.54) is 4.57 Å². The predicted octanol–water partition coefficient (Wildman–Crippen LogP) is 3.57. The molecule has 0 N–H and O–H groups in total. The van der Waals surface area contributed by atoms with Crippen LogP contribution in [0.3, 0.4) is 0 Å². The molecule has 152 valence electrons. The Morgan fingerprint density at radius 1 is 0.800 bits per heavy atom. The Bertz CT molecular complexity index is 1280. The van der Waals surface area contributed by atoms with E-state index in [9.17, 15) is 9.59 Å². The Hall–Kier alpha value is -3.41. The monoisotopic (exact) mass is 400 g/mol. The molecule has 2 aromatic carbocycles. The SMILES string of the molecule is O=c1c2c(ncn2C2CCCC2)n(Cc2ccccc2)c(=O)n1Cc1ccccc1. The first-order valence-electron chi connectivity index (χ1n) is 10.5. The molecule has 6 heteroatoms. The zero-order chi connectivity index (χ0) is 20.5. The van der Waals surface area contributed by atoms with Crippen LogP contribution in [0.15, 0.2) is 76.6 Å². The molecule has 5 rings (SSSR count). The Morgan fingerprint density at radius 3 is 1.97 bits per heavy atom. The van der Waals surface area contributed by atoms with Crippen LogP contribution in [0.5, 0.6) is 0 Å². The standard InChI is InChI=1S/C24H24N4O2/c29-23-21-22(25-17-28(21)20-13-7-8-14-20)26(15-18-9-3-1-4-10-18)24(30)27(23)16-19-11-5-2-6-12-19/h1-6,9-12,17,20H,7-8,13-16H2. The summed E-state index contributed by atoms with van der Waals surface area (Å²) in [7, 11) is 0. The van der Waals surface area contributed by atoms with Crippen LogP contribution >= 0.6 is 0 Å². The average Bonchev–Trinajstić information content (AvgIpc) is 3.45. The molecule has 0 spiro atoms. The average molecular weight is 400 g/mol. The van der Waals surface area contributed by atoms with Gasteiger partial charge < -0.3 is 4.57 Å². The summed E-state index contributed by atoms with van der Waals surface area (Å²) < 4.78 is 5.00. The summed E-state index contributed by atoms with van der Waals surface area (Å²) in [5.74, 6) is 0. The highest BCUT2D eigenvalue weighted by Crippen LogP contribution is 2.31. The third kappa shape index (κ3) is 3.28. The van der Waals surface area contributed by atoms with Gasteiger partial charge in [-0.1, -0.05) is 73.5 Å². The van der Waals surface area contributed by atoms with Gasteiger partial charge in [-0.2, -0.15) is 0 Å². The summed E-state index contributed by atoms with van der Waals surface area (Å²) in [4.78, 5) is 31.4. The molecular formula is C24H24N4O2. The zero-order valence-corrected chi connectivity index (χ0v) is 16.8. The molecule has 2 aromatic heterocycles. The summed E-state index contributed by atoms with van der Waals surface area (Å²) in [6, 6.07) is 19.7. The summed E-state index contributed by atoms with van der Waals surface area (Å²) in [6.07, 6.45) is 6.15. The van der Waals surface area contributed by atoms with Crippen molar-refractivity contribution in [3.8, 4) is 0 Å². The number of nitrogens with zero attached hydrogens (tertiary/aromatic N) is 4. The second-order valence-corrected chi connectivity index (χ2v) is 7.99. The van der Waals surface area contributed by atoms with E-state index in [4.69, 9.17) is 0 Å². The van der Waals surface area contributed by atoms with Crippen molar-refractivity contribution in [2.24, 2.45) is 0 Å². The van der Waals surface area contributed by atoms with Gasteiger partial charge >= 0.3 is 5.69 Å². The van der Waals surface area contributed by atoms with Crippen molar-refractivity contribution < 1.29 is 0 Å². The van der Waals surface area contributed by atoms with Gasteiger partial charge in [-0.25, -0.2) is 9.78 Å². The van der Waals surface area contributed by atoms with Gasteiger partial charge in [0.15, 0.2) is 11.2 Å². The quantitative estimate of drug-likeness (QED) is 0.515. The van der Waals surface area contributed by atoms with Crippen molar-refractivity contribution in [3.63, 3.8) is 0 Å². The smallest absolute Gasteiger partial charge is 0.322 e. The molecule has 0 bridgehead atoms. The van der Waals surface area contributed by atoms with Gasteiger partial charge in [0.1, 0.15) is 0 Å². The Labute approximate surface area is 174 Å². The highest BCUT2D eigenvalue weighted by Gasteiger charge is 2.24. The van der Waals surface area contributed by atoms with Gasteiger partial charge in [0.05, 0.1) is 19.4 Å². The number of hydrogen-bond donors (Lipinski definition) is 0. The van der Waals surface area contributed by atoms with Gasteiger partial charge in [0.2, 0.25) is 0 Å². The van der Waals surface area contributed by atoms with Crippen molar-refractivity contribution in [2.45, 2.75) is 44.8 Å². The van der Waals surface area contributed by atoms with Gasteiger partial charge in [0, 0.05) is 6.04 Å². The van der Waals surface area contributed by atoms with Crippen LogP contribution in [0, 0.1) is 0 Å². The lowest BCUT2D eigenvalue weighted by molar-refractivity contribution is 0.527. The van der Waals surface area contributed by atoms with E-state index in [0.717, 1.165) is 36.8 Å². The lowest BCUT2D eigenvalue weighted by Gasteiger charge is -2.15. The number of rotatable bonds is 5. The number of fused-ring (bicyclic) bond motifs is 1. The number of hydrogen-bond acceptors (Lipinski definition) is 3. The van der Waals surface area contributed by atoms with E-state index in [0.29, 0.717) is 17.7 Å². The minimum atomic E-state index is -0.322. The third-order valence-electron chi connectivity index (χ3n) is 6.02. The molecule has 1 aliphatic carbocycles. The first-order chi connectivity index (χ1) is 14.7. The highest BCUT2D eigenvalue weighted by molar-refractivity contribution is 5.70. The molecule has 6 nitrogen and oxygen atoms in total. The summed E-state index contributed by atoms with van der Waals surface area (Å²) in [5.41, 5.74) is 2.36. The van der Waals surface area contributed by atoms with Crippen molar-refractivity contribution in [3.05, 3.63) is 99.0 Å². The molecule has 1 fully saturated rings. The maximum Gasteiger partial charge on any atom is 0.333 e. The Morgan fingerprint density at radius 2 is 1.37 bits per heavy atom. The molecule has 1 saturated carbocycles. The van der Waals surface area contributed by atoms with E-state index >= 15 is 0 Å². The Balaban J connectivity index is 1.72. The normalized spacial score (nSPS) is 14.5. The minimum absolute atomic E-state index is 0.249.